The highest BCUT2D eigenvalue weighted by atomic mass is 32.2. The number of fused-ring (bicyclic) bond motifs is 1. The summed E-state index contributed by atoms with van der Waals surface area (Å²) in [6.07, 6.45) is 0. The van der Waals surface area contributed by atoms with E-state index in [1.807, 2.05) is 0 Å². The monoisotopic (exact) mass is 506 g/mol. The first-order valence-electron chi connectivity index (χ1n) is 10.6. The second-order valence-electron chi connectivity index (χ2n) is 7.74. The zero-order valence-electron chi connectivity index (χ0n) is 19.6. The number of para-hydroxylation sites is 1. The van der Waals surface area contributed by atoms with E-state index < -0.39 is 17.2 Å². The normalized spacial score (nSPS) is 10.9. The van der Waals surface area contributed by atoms with Crippen LogP contribution in [0.1, 0.15) is 10.4 Å². The molecule has 36 heavy (non-hydrogen) atoms. The average Bonchev–Trinajstić information content (AvgIpc) is 2.89. The number of hydrogen-bond acceptors (Lipinski definition) is 8. The lowest BCUT2D eigenvalue weighted by Gasteiger charge is -2.13. The van der Waals surface area contributed by atoms with Crippen LogP contribution in [-0.2, 0) is 18.9 Å². The Morgan fingerprint density at radius 1 is 1.03 bits per heavy atom. The number of aromatic nitrogens is 4. The molecule has 4 aromatic rings. The first-order valence-corrected chi connectivity index (χ1v) is 11.6. The summed E-state index contributed by atoms with van der Waals surface area (Å²) < 4.78 is 7.66. The second-order valence-corrected chi connectivity index (χ2v) is 8.70. The van der Waals surface area contributed by atoms with E-state index in [0.29, 0.717) is 22.6 Å². The summed E-state index contributed by atoms with van der Waals surface area (Å²) in [6, 6.07) is 13.2. The zero-order valence-corrected chi connectivity index (χ0v) is 20.5. The van der Waals surface area contributed by atoms with E-state index in [1.165, 1.54) is 37.9 Å². The van der Waals surface area contributed by atoms with Crippen LogP contribution in [0.3, 0.4) is 0 Å². The molecule has 4 rings (SSSR count). The van der Waals surface area contributed by atoms with Gasteiger partial charge in [-0.2, -0.15) is 0 Å². The molecule has 2 aromatic heterocycles. The molecule has 0 saturated carbocycles. The Balaban J connectivity index is 1.73. The van der Waals surface area contributed by atoms with Crippen molar-refractivity contribution < 1.29 is 14.3 Å². The highest BCUT2D eigenvalue weighted by molar-refractivity contribution is 8.00. The molecule has 0 aliphatic rings. The molecule has 3 N–H and O–H groups in total. The molecule has 0 fully saturated rings. The van der Waals surface area contributed by atoms with Crippen molar-refractivity contribution in [3.8, 4) is 17.1 Å². The molecule has 0 aliphatic heterocycles. The van der Waals surface area contributed by atoms with Crippen LogP contribution in [0.15, 0.2) is 63.1 Å². The van der Waals surface area contributed by atoms with Crippen LogP contribution in [0.4, 0.5) is 5.69 Å². The van der Waals surface area contributed by atoms with E-state index in [1.54, 1.807) is 36.4 Å². The summed E-state index contributed by atoms with van der Waals surface area (Å²) >= 11 is 1.04. The molecule has 11 nitrogen and oxygen atoms in total. The number of nitrogens with zero attached hydrogens (tertiary/aromatic N) is 4. The number of amides is 2. The van der Waals surface area contributed by atoms with Gasteiger partial charge in [0.1, 0.15) is 16.2 Å². The van der Waals surface area contributed by atoms with Gasteiger partial charge in [0.05, 0.1) is 18.4 Å². The van der Waals surface area contributed by atoms with E-state index in [-0.39, 0.29) is 33.5 Å². The topological polar surface area (TPSA) is 151 Å². The highest BCUT2D eigenvalue weighted by Gasteiger charge is 2.20. The lowest BCUT2D eigenvalue weighted by atomic mass is 10.2. The van der Waals surface area contributed by atoms with Crippen molar-refractivity contribution in [2.24, 2.45) is 19.8 Å². The lowest BCUT2D eigenvalue weighted by molar-refractivity contribution is -0.113. The molecule has 2 heterocycles. The maximum absolute atomic E-state index is 13.0. The van der Waals surface area contributed by atoms with E-state index >= 15 is 0 Å². The minimum atomic E-state index is -0.569. The number of rotatable bonds is 7. The molecule has 2 amide bonds. The number of methoxy groups -OCH3 is 1. The van der Waals surface area contributed by atoms with Crippen molar-refractivity contribution >= 4 is 40.3 Å². The van der Waals surface area contributed by atoms with Gasteiger partial charge < -0.3 is 15.8 Å². The van der Waals surface area contributed by atoms with Crippen molar-refractivity contribution in [3.05, 3.63) is 74.9 Å². The average molecular weight is 507 g/mol. The van der Waals surface area contributed by atoms with Crippen LogP contribution >= 0.6 is 11.8 Å². The zero-order chi connectivity index (χ0) is 26.0. The first kappa shape index (κ1) is 24.7. The third-order valence-electron chi connectivity index (χ3n) is 5.41. The Morgan fingerprint density at radius 2 is 1.72 bits per heavy atom. The maximum atomic E-state index is 13.0. The molecule has 0 radical (unpaired) electrons. The van der Waals surface area contributed by atoms with Crippen LogP contribution in [0.2, 0.25) is 0 Å². The van der Waals surface area contributed by atoms with Gasteiger partial charge in [0.2, 0.25) is 11.8 Å². The largest absolute Gasteiger partial charge is 0.496 e. The van der Waals surface area contributed by atoms with Gasteiger partial charge in [-0.25, -0.2) is 14.8 Å². The number of anilines is 1. The third-order valence-corrected chi connectivity index (χ3v) is 6.38. The number of carbonyl (C=O) groups is 2. The van der Waals surface area contributed by atoms with Gasteiger partial charge in [0.15, 0.2) is 11.5 Å². The summed E-state index contributed by atoms with van der Waals surface area (Å²) in [5.74, 6) is -0.256. The van der Waals surface area contributed by atoms with Gasteiger partial charge in [-0.15, -0.1) is 0 Å². The predicted molar refractivity (Wildman–Crippen MR) is 136 cm³/mol. The van der Waals surface area contributed by atoms with Gasteiger partial charge in [0, 0.05) is 25.3 Å². The predicted octanol–water partition coefficient (Wildman–Crippen LogP) is 1.53. The summed E-state index contributed by atoms with van der Waals surface area (Å²) in [5, 5.41) is 3.10. The summed E-state index contributed by atoms with van der Waals surface area (Å²) in [4.78, 5) is 58.5. The standard InChI is InChI=1S/C24H22N6O5S/c1-29-21-18(23(33)30(2)24(29)34)22(28-20(27-21)15-6-4-5-7-16(15)35-3)36-12-17(31)26-14-10-8-13(9-11-14)19(25)32/h4-11H,12H2,1-3H3,(H2,25,32)(H,26,31). The lowest BCUT2D eigenvalue weighted by Crippen LogP contribution is -2.37. The molecule has 12 heteroatoms. The Labute approximate surface area is 208 Å². The number of thioether (sulfide) groups is 1. The summed E-state index contributed by atoms with van der Waals surface area (Å²) in [7, 11) is 4.40. The van der Waals surface area contributed by atoms with Crippen LogP contribution in [0.5, 0.6) is 5.75 Å². The van der Waals surface area contributed by atoms with E-state index in [2.05, 4.69) is 15.3 Å². The van der Waals surface area contributed by atoms with Crippen LogP contribution in [0.25, 0.3) is 22.4 Å². The van der Waals surface area contributed by atoms with Crippen molar-refractivity contribution in [1.82, 2.24) is 19.1 Å². The molecule has 184 valence electrons. The Hall–Kier alpha value is -4.45. The number of aryl methyl sites for hydroxylation is 1. The van der Waals surface area contributed by atoms with Crippen molar-refractivity contribution in [3.63, 3.8) is 0 Å². The molecular formula is C24H22N6O5S. The molecular weight excluding hydrogens is 484 g/mol. The number of benzene rings is 2. The van der Waals surface area contributed by atoms with Gasteiger partial charge in [-0.3, -0.25) is 23.5 Å². The molecule has 0 bridgehead atoms. The van der Waals surface area contributed by atoms with E-state index in [9.17, 15) is 19.2 Å². The molecule has 0 atom stereocenters. The van der Waals surface area contributed by atoms with Crippen molar-refractivity contribution in [1.29, 1.82) is 0 Å². The minimum Gasteiger partial charge on any atom is -0.496 e. The van der Waals surface area contributed by atoms with Crippen LogP contribution in [-0.4, -0.2) is 43.8 Å². The Kier molecular flexibility index (Phi) is 6.88. The van der Waals surface area contributed by atoms with Gasteiger partial charge in [-0.05, 0) is 36.4 Å². The smallest absolute Gasteiger partial charge is 0.332 e. The molecule has 0 unspecified atom stereocenters. The van der Waals surface area contributed by atoms with Crippen molar-refractivity contribution in [2.75, 3.05) is 18.2 Å². The molecule has 0 spiro atoms. The fraction of sp³-hybridized carbons (Fsp3) is 0.167. The SMILES string of the molecule is COc1ccccc1-c1nc(SCC(=O)Nc2ccc(C(N)=O)cc2)c2c(=O)n(C)c(=O)n(C)c2n1. The number of primary amides is 1. The highest BCUT2D eigenvalue weighted by Crippen LogP contribution is 2.31. The number of ether oxygens (including phenoxy) is 1. The minimum absolute atomic E-state index is 0.0823. The third kappa shape index (κ3) is 4.70. The van der Waals surface area contributed by atoms with E-state index in [4.69, 9.17) is 10.5 Å². The Bertz CT molecular complexity index is 1610. The Morgan fingerprint density at radius 3 is 2.39 bits per heavy atom. The molecule has 0 saturated heterocycles. The van der Waals surface area contributed by atoms with Gasteiger partial charge >= 0.3 is 5.69 Å². The number of carbonyl (C=O) groups excluding carboxylic acids is 2. The van der Waals surface area contributed by atoms with Crippen LogP contribution < -0.4 is 27.0 Å². The van der Waals surface area contributed by atoms with Gasteiger partial charge in [-0.1, -0.05) is 23.9 Å². The maximum Gasteiger partial charge on any atom is 0.332 e. The first-order chi connectivity index (χ1) is 17.2. The number of nitrogens with one attached hydrogen (secondary N) is 1. The summed E-state index contributed by atoms with van der Waals surface area (Å²) in [5.41, 5.74) is 5.64. The fourth-order valence-electron chi connectivity index (χ4n) is 3.53. The number of hydrogen-bond donors (Lipinski definition) is 2. The fourth-order valence-corrected chi connectivity index (χ4v) is 4.35. The van der Waals surface area contributed by atoms with Gasteiger partial charge in [0.25, 0.3) is 5.56 Å². The quantitative estimate of drug-likeness (QED) is 0.283. The second kappa shape index (κ2) is 10.0. The number of nitrogens with two attached hydrogens (primary N) is 1. The molecule has 2 aromatic carbocycles. The molecule has 0 aliphatic carbocycles. The summed E-state index contributed by atoms with van der Waals surface area (Å²) in [6.45, 7) is 0. The van der Waals surface area contributed by atoms with E-state index in [0.717, 1.165) is 16.3 Å². The van der Waals surface area contributed by atoms with Crippen molar-refractivity contribution in [2.45, 2.75) is 5.03 Å². The van der Waals surface area contributed by atoms with Crippen LogP contribution in [0, 0.1) is 0 Å².